The first kappa shape index (κ1) is 4.09. The summed E-state index contributed by atoms with van der Waals surface area (Å²) in [6.07, 6.45) is 1.50. The standard InChI is InChI=1S/C3H5BF2/c5-4(6)3-1-2-3/h3H,1-2H2. The van der Waals surface area contributed by atoms with Crippen LogP contribution in [-0.4, -0.2) is 7.27 Å². The van der Waals surface area contributed by atoms with E-state index in [-0.39, 0.29) is 5.82 Å². The van der Waals surface area contributed by atoms with Gasteiger partial charge < -0.3 is 0 Å². The Kier molecular flexibility index (Phi) is 0.824. The lowest BCUT2D eigenvalue weighted by molar-refractivity contribution is 0.650. The van der Waals surface area contributed by atoms with Crippen LogP contribution in [0.15, 0.2) is 0 Å². The van der Waals surface area contributed by atoms with Gasteiger partial charge in [-0.25, -0.2) is 0 Å². The van der Waals surface area contributed by atoms with Crippen molar-refractivity contribution in [3.8, 4) is 0 Å². The van der Waals surface area contributed by atoms with Crippen molar-refractivity contribution in [1.82, 2.24) is 0 Å². The van der Waals surface area contributed by atoms with E-state index in [4.69, 9.17) is 0 Å². The summed E-state index contributed by atoms with van der Waals surface area (Å²) in [4.78, 5) is 0. The fraction of sp³-hybridized carbons (Fsp3) is 1.00. The number of hydrogen-bond acceptors (Lipinski definition) is 0. The molecule has 1 saturated carbocycles. The van der Waals surface area contributed by atoms with E-state index in [1.165, 1.54) is 0 Å². The Balaban J connectivity index is 2.13. The highest BCUT2D eigenvalue weighted by atomic mass is 19.2. The molecule has 0 amide bonds. The third-order valence-corrected chi connectivity index (χ3v) is 0.978. The van der Waals surface area contributed by atoms with Gasteiger partial charge in [-0.3, -0.25) is 8.63 Å². The van der Waals surface area contributed by atoms with E-state index >= 15 is 0 Å². The first-order valence-corrected chi connectivity index (χ1v) is 2.09. The minimum atomic E-state index is -2.04. The lowest BCUT2D eigenvalue weighted by Gasteiger charge is -1.77. The quantitative estimate of drug-likeness (QED) is 0.428. The Bertz CT molecular complexity index is 50.8. The van der Waals surface area contributed by atoms with Crippen molar-refractivity contribution in [1.29, 1.82) is 0 Å². The minimum absolute atomic E-state index is 0.231. The highest BCUT2D eigenvalue weighted by molar-refractivity contribution is 6.45. The highest BCUT2D eigenvalue weighted by Gasteiger charge is 2.36. The summed E-state index contributed by atoms with van der Waals surface area (Å²) >= 11 is 0. The molecule has 0 radical (unpaired) electrons. The summed E-state index contributed by atoms with van der Waals surface area (Å²) in [5.74, 6) is -0.231. The van der Waals surface area contributed by atoms with Gasteiger partial charge in [0.15, 0.2) is 0 Å². The predicted molar refractivity (Wildman–Crippen MR) is 21.0 cm³/mol. The van der Waals surface area contributed by atoms with Gasteiger partial charge in [-0.1, -0.05) is 12.8 Å². The van der Waals surface area contributed by atoms with E-state index in [0.717, 1.165) is 12.8 Å². The average molecular weight is 89.9 g/mol. The van der Waals surface area contributed by atoms with Crippen LogP contribution in [0.2, 0.25) is 5.82 Å². The van der Waals surface area contributed by atoms with E-state index in [2.05, 4.69) is 0 Å². The average Bonchev–Trinajstić information content (AvgIpc) is 2.06. The number of halogens is 2. The third-order valence-electron chi connectivity index (χ3n) is 0.978. The molecule has 0 N–H and O–H groups in total. The molecule has 0 aliphatic heterocycles. The summed E-state index contributed by atoms with van der Waals surface area (Å²) < 4.78 is 22.4. The maximum Gasteiger partial charge on any atom is 0.541 e. The van der Waals surface area contributed by atoms with Crippen LogP contribution in [0.4, 0.5) is 8.63 Å². The highest BCUT2D eigenvalue weighted by Crippen LogP contribution is 2.39. The van der Waals surface area contributed by atoms with Gasteiger partial charge in [0.2, 0.25) is 0 Å². The molecule has 0 saturated heterocycles. The first-order valence-electron chi connectivity index (χ1n) is 2.09. The smallest absolute Gasteiger partial charge is 0.287 e. The summed E-state index contributed by atoms with van der Waals surface area (Å²) in [7, 11) is -2.04. The Labute approximate surface area is 35.7 Å². The van der Waals surface area contributed by atoms with Gasteiger partial charge in [-0.2, -0.15) is 0 Å². The fourth-order valence-corrected chi connectivity index (χ4v) is 0.348. The van der Waals surface area contributed by atoms with Crippen molar-refractivity contribution in [2.45, 2.75) is 18.7 Å². The molecule has 1 aliphatic carbocycles. The first-order chi connectivity index (χ1) is 2.80. The van der Waals surface area contributed by atoms with Crippen LogP contribution >= 0.6 is 0 Å². The molecule has 6 heavy (non-hydrogen) atoms. The van der Waals surface area contributed by atoms with Crippen LogP contribution in [0.3, 0.4) is 0 Å². The SMILES string of the molecule is FB(F)C1CC1. The number of hydrogen-bond donors (Lipinski definition) is 0. The molecule has 0 bridgehead atoms. The molecule has 1 aliphatic rings. The van der Waals surface area contributed by atoms with E-state index < -0.39 is 7.27 Å². The normalized spacial score (nSPS) is 21.0. The van der Waals surface area contributed by atoms with E-state index in [1.807, 2.05) is 0 Å². The second-order valence-electron chi connectivity index (χ2n) is 1.67. The van der Waals surface area contributed by atoms with Gasteiger partial charge in [-0.15, -0.1) is 0 Å². The molecule has 1 rings (SSSR count). The second kappa shape index (κ2) is 1.21. The van der Waals surface area contributed by atoms with Crippen LogP contribution < -0.4 is 0 Å². The lowest BCUT2D eigenvalue weighted by atomic mass is 9.91. The Morgan fingerprint density at radius 1 is 1.33 bits per heavy atom. The zero-order valence-electron chi connectivity index (χ0n) is 3.32. The molecule has 0 unspecified atom stereocenters. The molecule has 0 heterocycles. The van der Waals surface area contributed by atoms with Gasteiger partial charge in [0, 0.05) is 5.82 Å². The third kappa shape index (κ3) is 0.700. The van der Waals surface area contributed by atoms with Crippen LogP contribution in [-0.2, 0) is 0 Å². The maximum absolute atomic E-state index is 11.2. The summed E-state index contributed by atoms with van der Waals surface area (Å²) in [5.41, 5.74) is 0. The Hall–Kier alpha value is -0.0751. The summed E-state index contributed by atoms with van der Waals surface area (Å²) in [6.45, 7) is 0. The van der Waals surface area contributed by atoms with E-state index in [1.54, 1.807) is 0 Å². The largest absolute Gasteiger partial charge is 0.541 e. The molecule has 3 heteroatoms. The van der Waals surface area contributed by atoms with Gasteiger partial charge in [0.25, 0.3) is 0 Å². The van der Waals surface area contributed by atoms with Crippen molar-refractivity contribution in [2.24, 2.45) is 0 Å². The van der Waals surface area contributed by atoms with Crippen molar-refractivity contribution < 1.29 is 8.63 Å². The van der Waals surface area contributed by atoms with Crippen LogP contribution in [0, 0.1) is 0 Å². The Morgan fingerprint density at radius 3 is 1.83 bits per heavy atom. The van der Waals surface area contributed by atoms with Crippen molar-refractivity contribution in [3.05, 3.63) is 0 Å². The van der Waals surface area contributed by atoms with Crippen molar-refractivity contribution in [2.75, 3.05) is 0 Å². The molecule has 0 aromatic carbocycles. The minimum Gasteiger partial charge on any atom is -0.287 e. The van der Waals surface area contributed by atoms with Gasteiger partial charge in [-0.05, 0) is 0 Å². The molecule has 0 nitrogen and oxygen atoms in total. The predicted octanol–water partition coefficient (Wildman–Crippen LogP) is 1.58. The summed E-state index contributed by atoms with van der Waals surface area (Å²) in [6, 6.07) is 0. The van der Waals surface area contributed by atoms with Gasteiger partial charge >= 0.3 is 7.27 Å². The van der Waals surface area contributed by atoms with Crippen LogP contribution in [0.5, 0.6) is 0 Å². The molecule has 0 atom stereocenters. The molecule has 1 fully saturated rings. The zero-order valence-corrected chi connectivity index (χ0v) is 3.32. The van der Waals surface area contributed by atoms with Crippen LogP contribution in [0.1, 0.15) is 12.8 Å². The molecule has 0 aromatic rings. The second-order valence-corrected chi connectivity index (χ2v) is 1.67. The molecular weight excluding hydrogens is 84.8 g/mol. The zero-order chi connectivity index (χ0) is 4.57. The molecule has 0 spiro atoms. The van der Waals surface area contributed by atoms with Gasteiger partial charge in [0.05, 0.1) is 0 Å². The lowest BCUT2D eigenvalue weighted by Crippen LogP contribution is -1.91. The van der Waals surface area contributed by atoms with Gasteiger partial charge in [0.1, 0.15) is 0 Å². The Morgan fingerprint density at radius 2 is 1.83 bits per heavy atom. The van der Waals surface area contributed by atoms with E-state index in [9.17, 15) is 8.63 Å². The monoisotopic (exact) mass is 90.0 g/mol. The topological polar surface area (TPSA) is 0 Å². The maximum atomic E-state index is 11.2. The van der Waals surface area contributed by atoms with Crippen LogP contribution in [0.25, 0.3) is 0 Å². The van der Waals surface area contributed by atoms with Crippen molar-refractivity contribution in [3.63, 3.8) is 0 Å². The fourth-order valence-electron chi connectivity index (χ4n) is 0.348. The molecular formula is C3H5BF2. The number of rotatable bonds is 1. The summed E-state index contributed by atoms with van der Waals surface area (Å²) in [5, 5.41) is 0. The van der Waals surface area contributed by atoms with E-state index in [0.29, 0.717) is 0 Å². The molecule has 0 aromatic heterocycles. The molecule has 34 valence electrons. The van der Waals surface area contributed by atoms with Crippen molar-refractivity contribution >= 4 is 7.27 Å².